The third kappa shape index (κ3) is 5.01. The Balaban J connectivity index is 1.69. The minimum Gasteiger partial charge on any atom is -0.451 e. The molecule has 0 saturated heterocycles. The van der Waals surface area contributed by atoms with E-state index in [9.17, 15) is 18.8 Å². The molecule has 8 nitrogen and oxygen atoms in total. The van der Waals surface area contributed by atoms with E-state index in [1.807, 2.05) is 0 Å². The van der Waals surface area contributed by atoms with Gasteiger partial charge in [0.2, 0.25) is 0 Å². The Kier molecular flexibility index (Phi) is 5.88. The Labute approximate surface area is 176 Å². The van der Waals surface area contributed by atoms with Crippen molar-refractivity contribution in [1.82, 2.24) is 20.4 Å². The number of benzene rings is 1. The Morgan fingerprint density at radius 3 is 2.50 bits per heavy atom. The Morgan fingerprint density at radius 2 is 1.87 bits per heavy atom. The van der Waals surface area contributed by atoms with Crippen LogP contribution < -0.4 is 10.6 Å². The molecule has 0 saturated carbocycles. The van der Waals surface area contributed by atoms with Gasteiger partial charge in [-0.3, -0.25) is 10.1 Å². The topological polar surface area (TPSA) is 102 Å². The van der Waals surface area contributed by atoms with Crippen LogP contribution in [-0.2, 0) is 9.53 Å². The summed E-state index contributed by atoms with van der Waals surface area (Å²) in [5, 5.41) is 9.86. The molecule has 0 aliphatic rings. The second kappa shape index (κ2) is 8.23. The van der Waals surface area contributed by atoms with E-state index in [0.29, 0.717) is 16.2 Å². The first-order valence-corrected chi connectivity index (χ1v) is 9.89. The Bertz CT molecular complexity index is 1110. The highest BCUT2D eigenvalue weighted by molar-refractivity contribution is 7.20. The molecule has 158 valence electrons. The SMILES string of the molecule is Cc1nn(-c2ccc(F)cc2)c2sc(C(=O)OCC(=O)NC(=O)NC(C)(C)C)cc12. The number of hydrogen-bond donors (Lipinski definition) is 2. The number of urea groups is 1. The smallest absolute Gasteiger partial charge is 0.348 e. The number of thiophene rings is 1. The van der Waals surface area contributed by atoms with Crippen LogP contribution in [0.15, 0.2) is 30.3 Å². The summed E-state index contributed by atoms with van der Waals surface area (Å²) < 4.78 is 19.8. The number of rotatable bonds is 4. The summed E-state index contributed by atoms with van der Waals surface area (Å²) in [6.45, 7) is 6.52. The minimum atomic E-state index is -0.736. The third-order valence-corrected chi connectivity index (χ3v) is 4.98. The molecule has 30 heavy (non-hydrogen) atoms. The van der Waals surface area contributed by atoms with E-state index in [-0.39, 0.29) is 10.7 Å². The highest BCUT2D eigenvalue weighted by Gasteiger charge is 2.20. The van der Waals surface area contributed by atoms with E-state index >= 15 is 0 Å². The first-order valence-electron chi connectivity index (χ1n) is 9.08. The summed E-state index contributed by atoms with van der Waals surface area (Å²) in [6, 6.07) is 6.80. The predicted octanol–water partition coefficient (Wildman–Crippen LogP) is 3.32. The molecule has 1 aromatic carbocycles. The summed E-state index contributed by atoms with van der Waals surface area (Å²) in [5.74, 6) is -1.78. The molecular weight excluding hydrogens is 411 g/mol. The highest BCUT2D eigenvalue weighted by Crippen LogP contribution is 2.30. The van der Waals surface area contributed by atoms with E-state index in [1.165, 1.54) is 12.1 Å². The van der Waals surface area contributed by atoms with Gasteiger partial charge in [-0.1, -0.05) is 0 Å². The molecular formula is C20H21FN4O4S. The van der Waals surface area contributed by atoms with Crippen molar-refractivity contribution in [2.45, 2.75) is 33.2 Å². The summed E-state index contributed by atoms with van der Waals surface area (Å²) >= 11 is 1.15. The molecule has 3 rings (SSSR count). The van der Waals surface area contributed by atoms with Gasteiger partial charge < -0.3 is 10.1 Å². The molecule has 0 atom stereocenters. The van der Waals surface area contributed by atoms with Gasteiger partial charge in [-0.15, -0.1) is 11.3 Å². The van der Waals surface area contributed by atoms with Gasteiger partial charge in [0.15, 0.2) is 6.61 Å². The van der Waals surface area contributed by atoms with Crippen molar-refractivity contribution in [2.75, 3.05) is 6.61 Å². The summed E-state index contributed by atoms with van der Waals surface area (Å²) in [7, 11) is 0. The number of esters is 1. The molecule has 0 radical (unpaired) electrons. The van der Waals surface area contributed by atoms with Crippen LogP contribution >= 0.6 is 11.3 Å². The second-order valence-corrected chi connectivity index (χ2v) is 8.66. The number of ether oxygens (including phenoxy) is 1. The number of nitrogens with zero attached hydrogens (tertiary/aromatic N) is 2. The van der Waals surface area contributed by atoms with Crippen molar-refractivity contribution in [3.8, 4) is 5.69 Å². The maximum atomic E-state index is 13.2. The fourth-order valence-electron chi connectivity index (χ4n) is 2.64. The van der Waals surface area contributed by atoms with Gasteiger partial charge in [-0.2, -0.15) is 5.10 Å². The molecule has 0 bridgehead atoms. The van der Waals surface area contributed by atoms with Crippen LogP contribution in [0.2, 0.25) is 0 Å². The molecule has 2 aromatic heterocycles. The molecule has 0 aliphatic carbocycles. The maximum absolute atomic E-state index is 13.2. The summed E-state index contributed by atoms with van der Waals surface area (Å²) in [4.78, 5) is 36.9. The van der Waals surface area contributed by atoms with E-state index in [4.69, 9.17) is 4.74 Å². The van der Waals surface area contributed by atoms with Gasteiger partial charge in [0.05, 0.1) is 11.4 Å². The van der Waals surface area contributed by atoms with Gasteiger partial charge >= 0.3 is 12.0 Å². The second-order valence-electron chi connectivity index (χ2n) is 7.63. The first kappa shape index (κ1) is 21.4. The summed E-state index contributed by atoms with van der Waals surface area (Å²) in [5.41, 5.74) is 0.843. The predicted molar refractivity (Wildman–Crippen MR) is 110 cm³/mol. The lowest BCUT2D eigenvalue weighted by Crippen LogP contribution is -2.49. The van der Waals surface area contributed by atoms with Crippen LogP contribution in [0.5, 0.6) is 0 Å². The average molecular weight is 432 g/mol. The molecule has 3 aromatic rings. The number of carbonyl (C=O) groups excluding carboxylic acids is 3. The number of amides is 3. The zero-order valence-corrected chi connectivity index (χ0v) is 17.7. The van der Waals surface area contributed by atoms with Crippen molar-refractivity contribution in [3.05, 3.63) is 46.7 Å². The van der Waals surface area contributed by atoms with Gasteiger partial charge in [0.25, 0.3) is 5.91 Å². The van der Waals surface area contributed by atoms with Crippen LogP contribution in [0.3, 0.4) is 0 Å². The monoisotopic (exact) mass is 432 g/mol. The number of hydrogen-bond acceptors (Lipinski definition) is 6. The first-order chi connectivity index (χ1) is 14.0. The summed E-state index contributed by atoms with van der Waals surface area (Å²) in [6.07, 6.45) is 0. The lowest BCUT2D eigenvalue weighted by Gasteiger charge is -2.20. The fourth-order valence-corrected chi connectivity index (χ4v) is 3.72. The third-order valence-electron chi connectivity index (χ3n) is 3.89. The molecule has 10 heteroatoms. The number of fused-ring (bicyclic) bond motifs is 1. The van der Waals surface area contributed by atoms with E-state index in [0.717, 1.165) is 16.7 Å². The van der Waals surface area contributed by atoms with Crippen molar-refractivity contribution in [3.63, 3.8) is 0 Å². The number of nitrogens with one attached hydrogen (secondary N) is 2. The maximum Gasteiger partial charge on any atom is 0.348 e. The van der Waals surface area contributed by atoms with Crippen LogP contribution in [0.25, 0.3) is 15.9 Å². The number of aryl methyl sites for hydroxylation is 1. The average Bonchev–Trinajstić information content (AvgIpc) is 3.20. The zero-order chi connectivity index (χ0) is 22.1. The van der Waals surface area contributed by atoms with Gasteiger partial charge in [0.1, 0.15) is 15.5 Å². The van der Waals surface area contributed by atoms with Gasteiger partial charge in [-0.05, 0) is 58.0 Å². The van der Waals surface area contributed by atoms with Crippen LogP contribution in [0, 0.1) is 12.7 Å². The number of halogens is 1. The number of carbonyl (C=O) groups is 3. The molecule has 2 N–H and O–H groups in total. The van der Waals surface area contributed by atoms with Gasteiger partial charge in [-0.25, -0.2) is 18.7 Å². The van der Waals surface area contributed by atoms with Crippen LogP contribution in [-0.4, -0.2) is 39.8 Å². The lowest BCUT2D eigenvalue weighted by molar-refractivity contribution is -0.123. The van der Waals surface area contributed by atoms with E-state index < -0.39 is 30.1 Å². The van der Waals surface area contributed by atoms with Crippen molar-refractivity contribution >= 4 is 39.5 Å². The molecule has 0 aliphatic heterocycles. The van der Waals surface area contributed by atoms with E-state index in [1.54, 1.807) is 50.6 Å². The Morgan fingerprint density at radius 1 is 1.20 bits per heavy atom. The van der Waals surface area contributed by atoms with Crippen molar-refractivity contribution < 1.29 is 23.5 Å². The molecule has 0 unspecified atom stereocenters. The van der Waals surface area contributed by atoms with Crippen LogP contribution in [0.1, 0.15) is 36.1 Å². The normalized spacial score (nSPS) is 11.4. The van der Waals surface area contributed by atoms with E-state index in [2.05, 4.69) is 15.7 Å². The van der Waals surface area contributed by atoms with Gasteiger partial charge in [0, 0.05) is 10.9 Å². The fraction of sp³-hybridized carbons (Fsp3) is 0.300. The molecule has 3 amide bonds. The lowest BCUT2D eigenvalue weighted by atomic mass is 10.1. The van der Waals surface area contributed by atoms with Crippen molar-refractivity contribution in [2.24, 2.45) is 0 Å². The Hall–Kier alpha value is -3.27. The largest absolute Gasteiger partial charge is 0.451 e. The standard InChI is InChI=1S/C20H21FN4O4S/c1-11-14-9-15(18(27)29-10-16(26)22-19(28)23-20(2,3)4)30-17(14)25(24-11)13-7-5-12(21)6-8-13/h5-9H,10H2,1-4H3,(H2,22,23,26,28). The zero-order valence-electron chi connectivity index (χ0n) is 16.9. The highest BCUT2D eigenvalue weighted by atomic mass is 32.1. The number of imide groups is 1. The molecule has 0 fully saturated rings. The van der Waals surface area contributed by atoms with Crippen molar-refractivity contribution in [1.29, 1.82) is 0 Å². The van der Waals surface area contributed by atoms with Crippen LogP contribution in [0.4, 0.5) is 9.18 Å². The number of aromatic nitrogens is 2. The minimum absolute atomic E-state index is 0.285. The molecule has 0 spiro atoms. The quantitative estimate of drug-likeness (QED) is 0.616. The molecule has 2 heterocycles.